The van der Waals surface area contributed by atoms with Crippen molar-refractivity contribution < 1.29 is 27.1 Å². The third-order valence-electron chi connectivity index (χ3n) is 4.16. The van der Waals surface area contributed by atoms with Gasteiger partial charge in [0.15, 0.2) is 11.4 Å². The van der Waals surface area contributed by atoms with E-state index in [4.69, 9.17) is 16.3 Å². The highest BCUT2D eigenvalue weighted by Gasteiger charge is 2.38. The lowest BCUT2D eigenvalue weighted by Crippen LogP contribution is -2.34. The summed E-state index contributed by atoms with van der Waals surface area (Å²) in [5, 5.41) is 4.91. The van der Waals surface area contributed by atoms with Crippen LogP contribution in [-0.2, 0) is 6.18 Å². The number of aromatic nitrogens is 2. The third kappa shape index (κ3) is 5.00. The predicted molar refractivity (Wildman–Crippen MR) is 93.1 cm³/mol. The Balaban J connectivity index is 1.77. The molecule has 0 unspecified atom stereocenters. The molecule has 1 aromatic carbocycles. The normalized spacial score (nSPS) is 14.3. The lowest BCUT2D eigenvalue weighted by molar-refractivity contribution is -0.142. The zero-order valence-electron chi connectivity index (χ0n) is 14.3. The Kier molecular flexibility index (Phi) is 5.87. The molecular formula is C17H15ClF4N4O2. The molecule has 1 aromatic heterocycles. The number of nitrogens with one attached hydrogen (secondary N) is 2. The highest BCUT2D eigenvalue weighted by Crippen LogP contribution is 2.35. The average molecular weight is 419 g/mol. The van der Waals surface area contributed by atoms with Crippen molar-refractivity contribution in [3.63, 3.8) is 0 Å². The largest absolute Gasteiger partial charge is 0.437 e. The van der Waals surface area contributed by atoms with Crippen LogP contribution in [0.5, 0.6) is 5.75 Å². The van der Waals surface area contributed by atoms with E-state index in [0.29, 0.717) is 18.7 Å². The fourth-order valence-corrected chi connectivity index (χ4v) is 2.66. The van der Waals surface area contributed by atoms with E-state index in [-0.39, 0.29) is 10.7 Å². The van der Waals surface area contributed by atoms with Gasteiger partial charge >= 0.3 is 12.3 Å². The van der Waals surface area contributed by atoms with Gasteiger partial charge in [-0.15, -0.1) is 0 Å². The molecule has 0 aliphatic heterocycles. The molecule has 28 heavy (non-hydrogen) atoms. The molecular weight excluding hydrogens is 404 g/mol. The monoisotopic (exact) mass is 418 g/mol. The number of nitrogens with zero attached hydrogens (tertiary/aromatic N) is 2. The van der Waals surface area contributed by atoms with E-state index in [2.05, 4.69) is 20.6 Å². The highest BCUT2D eigenvalue weighted by atomic mass is 35.5. The van der Waals surface area contributed by atoms with Crippen LogP contribution in [-0.4, -0.2) is 22.6 Å². The molecule has 2 aromatic rings. The van der Waals surface area contributed by atoms with Gasteiger partial charge in [-0.3, -0.25) is 0 Å². The maximum absolute atomic E-state index is 13.7. The lowest BCUT2D eigenvalue weighted by Gasteiger charge is -2.25. The molecule has 0 bridgehead atoms. The van der Waals surface area contributed by atoms with Crippen molar-refractivity contribution in [2.24, 2.45) is 5.92 Å². The lowest BCUT2D eigenvalue weighted by atomic mass is 9.85. The van der Waals surface area contributed by atoms with Crippen molar-refractivity contribution in [2.45, 2.75) is 25.4 Å². The molecule has 0 saturated heterocycles. The number of halogens is 5. The van der Waals surface area contributed by atoms with Crippen LogP contribution in [0.1, 0.15) is 25.0 Å². The Bertz CT molecular complexity index is 875. The maximum Gasteiger partial charge on any atom is 0.437 e. The van der Waals surface area contributed by atoms with Gasteiger partial charge in [-0.1, -0.05) is 18.0 Å². The average Bonchev–Trinajstić information content (AvgIpc) is 2.57. The van der Waals surface area contributed by atoms with Crippen molar-refractivity contribution in [3.8, 4) is 5.75 Å². The number of hydrogen-bond acceptors (Lipinski definition) is 5. The molecule has 1 aliphatic rings. The zero-order chi connectivity index (χ0) is 20.3. The van der Waals surface area contributed by atoms with Gasteiger partial charge in [0.1, 0.15) is 5.82 Å². The van der Waals surface area contributed by atoms with Crippen molar-refractivity contribution in [3.05, 3.63) is 40.9 Å². The molecule has 1 saturated carbocycles. The molecule has 1 fully saturated rings. The number of amides is 1. The van der Waals surface area contributed by atoms with Crippen LogP contribution in [0, 0.1) is 11.7 Å². The number of benzene rings is 1. The number of hydrogen-bond donors (Lipinski definition) is 2. The van der Waals surface area contributed by atoms with E-state index in [1.807, 2.05) is 0 Å². The summed E-state index contributed by atoms with van der Waals surface area (Å²) in [7, 11) is 0. The number of carbonyl (C=O) groups is 1. The molecule has 1 aliphatic carbocycles. The van der Waals surface area contributed by atoms with Gasteiger partial charge in [-0.05, 0) is 37.0 Å². The molecule has 11 heteroatoms. The van der Waals surface area contributed by atoms with E-state index >= 15 is 0 Å². The first kappa shape index (κ1) is 20.1. The Morgan fingerprint density at radius 2 is 2.07 bits per heavy atom. The molecule has 0 radical (unpaired) electrons. The topological polar surface area (TPSA) is 76.1 Å². The molecule has 150 valence electrons. The number of rotatable bonds is 5. The van der Waals surface area contributed by atoms with Crippen molar-refractivity contribution >= 4 is 29.3 Å². The zero-order valence-corrected chi connectivity index (χ0v) is 15.1. The first-order valence-electron chi connectivity index (χ1n) is 8.34. The summed E-state index contributed by atoms with van der Waals surface area (Å²) in [6, 6.07) is 3.49. The summed E-state index contributed by atoms with van der Waals surface area (Å²) in [5.74, 6) is -1.83. The molecule has 2 N–H and O–H groups in total. The second-order valence-corrected chi connectivity index (χ2v) is 6.66. The summed E-state index contributed by atoms with van der Waals surface area (Å²) in [5.41, 5.74) is -1.67. The van der Waals surface area contributed by atoms with Crippen molar-refractivity contribution in [2.75, 3.05) is 11.9 Å². The van der Waals surface area contributed by atoms with Crippen LogP contribution in [0.2, 0.25) is 5.02 Å². The maximum atomic E-state index is 13.7. The van der Waals surface area contributed by atoms with Crippen LogP contribution in [0.3, 0.4) is 0 Å². The van der Waals surface area contributed by atoms with E-state index < -0.39 is 35.5 Å². The second-order valence-electron chi connectivity index (χ2n) is 6.22. The van der Waals surface area contributed by atoms with Gasteiger partial charge in [0, 0.05) is 11.6 Å². The van der Waals surface area contributed by atoms with Gasteiger partial charge in [-0.25, -0.2) is 19.2 Å². The first-order chi connectivity index (χ1) is 13.2. The molecule has 3 rings (SSSR count). The van der Waals surface area contributed by atoms with E-state index in [1.165, 1.54) is 12.1 Å². The summed E-state index contributed by atoms with van der Waals surface area (Å²) >= 11 is 5.74. The van der Waals surface area contributed by atoms with Crippen LogP contribution < -0.4 is 15.4 Å². The molecule has 6 nitrogen and oxygen atoms in total. The van der Waals surface area contributed by atoms with E-state index in [9.17, 15) is 22.4 Å². The van der Waals surface area contributed by atoms with Crippen molar-refractivity contribution in [1.29, 1.82) is 0 Å². The standard InChI is InChI=1S/C17H15ClF4N4O2/c18-10-4-5-11(19)12(6-10)25-15-23-8-13(14(26-15)17(20,21)22)28-16(27)24-7-9-2-1-3-9/h4-6,8-9H,1-3,7H2,(H,24,27)(H,23,25,26). The third-order valence-corrected chi connectivity index (χ3v) is 4.40. The highest BCUT2D eigenvalue weighted by molar-refractivity contribution is 6.30. The Morgan fingerprint density at radius 3 is 2.71 bits per heavy atom. The summed E-state index contributed by atoms with van der Waals surface area (Å²) in [6.45, 7) is 0.328. The van der Waals surface area contributed by atoms with Gasteiger partial charge in [0.25, 0.3) is 0 Å². The Morgan fingerprint density at radius 1 is 1.32 bits per heavy atom. The smallest absolute Gasteiger partial charge is 0.406 e. The van der Waals surface area contributed by atoms with Gasteiger partial charge in [-0.2, -0.15) is 13.2 Å². The van der Waals surface area contributed by atoms with Crippen LogP contribution in [0.15, 0.2) is 24.4 Å². The number of anilines is 2. The first-order valence-corrected chi connectivity index (χ1v) is 8.72. The number of carbonyl (C=O) groups excluding carboxylic acids is 1. The fraction of sp³-hybridized carbons (Fsp3) is 0.353. The quantitative estimate of drug-likeness (QED) is 0.674. The van der Waals surface area contributed by atoms with Gasteiger partial charge in [0.05, 0.1) is 11.9 Å². The molecule has 0 spiro atoms. The summed E-state index contributed by atoms with van der Waals surface area (Å²) in [6.07, 6.45) is -2.27. The van der Waals surface area contributed by atoms with E-state index in [1.54, 1.807) is 0 Å². The minimum absolute atomic E-state index is 0.169. The van der Waals surface area contributed by atoms with E-state index in [0.717, 1.165) is 25.3 Å². The van der Waals surface area contributed by atoms with Crippen molar-refractivity contribution in [1.82, 2.24) is 15.3 Å². The Hall–Kier alpha value is -2.62. The SMILES string of the molecule is O=C(NCC1CCC1)Oc1cnc(Nc2cc(Cl)ccc2F)nc1C(F)(F)F. The Labute approximate surface area is 162 Å². The van der Waals surface area contributed by atoms with Gasteiger partial charge in [0.2, 0.25) is 5.95 Å². The fourth-order valence-electron chi connectivity index (χ4n) is 2.48. The van der Waals surface area contributed by atoms with Crippen LogP contribution >= 0.6 is 11.6 Å². The minimum atomic E-state index is -4.92. The molecule has 1 heterocycles. The molecule has 0 atom stereocenters. The summed E-state index contributed by atoms with van der Waals surface area (Å²) in [4.78, 5) is 18.7. The van der Waals surface area contributed by atoms with Crippen LogP contribution in [0.25, 0.3) is 0 Å². The minimum Gasteiger partial charge on any atom is -0.406 e. The number of ether oxygens (including phenoxy) is 1. The second kappa shape index (κ2) is 8.17. The van der Waals surface area contributed by atoms with Crippen LogP contribution in [0.4, 0.5) is 34.0 Å². The number of alkyl halides is 3. The predicted octanol–water partition coefficient (Wildman–Crippen LogP) is 4.92. The summed E-state index contributed by atoms with van der Waals surface area (Å²) < 4.78 is 58.4. The molecule has 1 amide bonds. The van der Waals surface area contributed by atoms with Gasteiger partial charge < -0.3 is 15.4 Å².